The second-order valence-electron chi connectivity index (χ2n) is 21.5. The molecule has 9 atom stereocenters. The van der Waals surface area contributed by atoms with Gasteiger partial charge in [0.15, 0.2) is 11.9 Å². The van der Waals surface area contributed by atoms with Gasteiger partial charge in [-0.1, -0.05) is 58.0 Å². The summed E-state index contributed by atoms with van der Waals surface area (Å²) in [6, 6.07) is -2.13. The Balaban J connectivity index is 1.88. The van der Waals surface area contributed by atoms with E-state index < -0.39 is 126 Å². The van der Waals surface area contributed by atoms with Crippen LogP contribution in [0.15, 0.2) is 40.3 Å². The normalized spacial score (nSPS) is 17.2. The number of guanidine groups is 2. The highest BCUT2D eigenvalue weighted by Crippen LogP contribution is 2.20. The van der Waals surface area contributed by atoms with E-state index in [9.17, 15) is 53.1 Å². The monoisotopic (exact) mass is 1200 g/mol. The summed E-state index contributed by atoms with van der Waals surface area (Å²) in [6.45, 7) is 7.33. The van der Waals surface area contributed by atoms with E-state index in [1.54, 1.807) is 58.0 Å². The molecule has 29 nitrogen and oxygen atoms in total. The number of unbranched alkanes of at least 4 members (excludes halogenated alkanes) is 1. The predicted octanol–water partition coefficient (Wildman–Crippen LogP) is -3.52. The molecule has 0 aromatic heterocycles. The summed E-state index contributed by atoms with van der Waals surface area (Å²) in [5, 5.41) is 35.0. The van der Waals surface area contributed by atoms with Gasteiger partial charge in [0.1, 0.15) is 54.9 Å². The number of hydrogen-bond donors (Lipinski definition) is 16. The van der Waals surface area contributed by atoms with Crippen molar-refractivity contribution >= 4 is 83.8 Å². The molecule has 84 heavy (non-hydrogen) atoms. The maximum absolute atomic E-state index is 14.5. The molecule has 30 heteroatoms. The van der Waals surface area contributed by atoms with Crippen LogP contribution in [0, 0.1) is 11.8 Å². The molecule has 0 aliphatic carbocycles. The average Bonchev–Trinajstić information content (AvgIpc) is 4.34. The van der Waals surface area contributed by atoms with Crippen molar-refractivity contribution < 1.29 is 57.8 Å². The molecule has 2 aliphatic rings. The number of aliphatic hydroxyl groups excluding tert-OH is 1. The Morgan fingerprint density at radius 1 is 0.667 bits per heavy atom. The molecular weight excluding hydrogens is 1110 g/mol. The van der Waals surface area contributed by atoms with Gasteiger partial charge in [0, 0.05) is 38.4 Å². The van der Waals surface area contributed by atoms with Crippen LogP contribution in [0.4, 0.5) is 4.79 Å². The molecule has 20 N–H and O–H groups in total. The zero-order valence-electron chi connectivity index (χ0n) is 48.7. The van der Waals surface area contributed by atoms with Crippen molar-refractivity contribution in [3.05, 3.63) is 35.9 Å². The van der Waals surface area contributed by atoms with Gasteiger partial charge in [-0.05, 0) is 101 Å². The largest absolute Gasteiger partial charge is 0.449 e. The van der Waals surface area contributed by atoms with Crippen molar-refractivity contribution in [2.75, 3.05) is 51.7 Å². The number of primary amides is 1. The summed E-state index contributed by atoms with van der Waals surface area (Å²) in [6.07, 6.45) is 2.66. The summed E-state index contributed by atoms with van der Waals surface area (Å²) in [7, 11) is 0. The number of likely N-dealkylation sites (tertiary alicyclic amines) is 1. The van der Waals surface area contributed by atoms with Crippen molar-refractivity contribution in [3.63, 3.8) is 0 Å². The topological polar surface area (TPSA) is 466 Å². The molecule has 3 rings (SSSR count). The molecule has 2 heterocycles. The predicted molar refractivity (Wildman–Crippen MR) is 317 cm³/mol. The van der Waals surface area contributed by atoms with Crippen LogP contribution >= 0.6 is 12.6 Å². The number of amides is 10. The van der Waals surface area contributed by atoms with Crippen molar-refractivity contribution in [2.45, 2.75) is 166 Å². The number of aliphatic imine (C=N–C) groups is 2. The molecule has 0 unspecified atom stereocenters. The first-order valence-corrected chi connectivity index (χ1v) is 29.3. The lowest BCUT2D eigenvalue weighted by molar-refractivity contribution is -0.141. The Bertz CT molecular complexity index is 2390. The van der Waals surface area contributed by atoms with E-state index in [4.69, 9.17) is 33.4 Å². The molecule has 10 amide bonds. The third-order valence-corrected chi connectivity index (χ3v) is 14.0. The van der Waals surface area contributed by atoms with E-state index >= 15 is 0 Å². The number of nitrogens with zero attached hydrogens (tertiary/aromatic N) is 3. The van der Waals surface area contributed by atoms with Crippen LogP contribution in [0.1, 0.15) is 110 Å². The minimum atomic E-state index is -1.61. The first-order chi connectivity index (χ1) is 39.9. The first-order valence-electron chi connectivity index (χ1n) is 28.7. The zero-order chi connectivity index (χ0) is 62.3. The van der Waals surface area contributed by atoms with Gasteiger partial charge in [-0.25, -0.2) is 4.79 Å². The highest BCUT2D eigenvalue weighted by Gasteiger charge is 2.39. The van der Waals surface area contributed by atoms with Crippen molar-refractivity contribution in [3.8, 4) is 0 Å². The number of nitrogens with one attached hydrogen (secondary N) is 9. The lowest BCUT2D eigenvalue weighted by atomic mass is 9.98. The Hall–Kier alpha value is -7.47. The summed E-state index contributed by atoms with van der Waals surface area (Å²) in [5.41, 5.74) is 28.3. The van der Waals surface area contributed by atoms with Crippen LogP contribution in [0.3, 0.4) is 0 Å². The number of ether oxygens (including phenoxy) is 1. The standard InChI is InChI=1S/C54H91N17O12S/c1-31(2)28-38(67-47(77)39(29-33-14-6-5-7-15-33)68-49(79)40(30-72)69-46(76)35(18-11-23-61-52(56)57)64-44(74)34-17-10-22-60-34)48(78)70-42(32(3)4)50(80)65-36(19-12-24-62-53(58)59)45(75)66-37(16-8-9-21-63-54(82)83-26-27-84)51(81)71-25-13-20-41(71)43(55)73/h5-7,14-15,31-32,34-42,60,72,84H,8-13,16-30H2,1-4H3,(H2,55,73)(H,63,82)(H,64,74)(H,65,80)(H,66,75)(H,67,77)(H,68,79)(H,69,76)(H,70,78)(H4,56,57,61)(H4,58,59,62)/t34-,35-,36-,37-,38-,39-,40-,41-,42-/m0/s1. The van der Waals surface area contributed by atoms with Crippen LogP contribution in [-0.2, 0) is 54.3 Å². The molecule has 1 aromatic rings. The second-order valence-corrected chi connectivity index (χ2v) is 22.0. The van der Waals surface area contributed by atoms with Gasteiger partial charge in [-0.3, -0.25) is 53.1 Å². The molecule has 0 saturated carbocycles. The van der Waals surface area contributed by atoms with Gasteiger partial charge in [-0.15, -0.1) is 0 Å². The van der Waals surface area contributed by atoms with Gasteiger partial charge < -0.3 is 91.3 Å². The number of alkyl carbamates (subject to hydrolysis) is 1. The van der Waals surface area contributed by atoms with Gasteiger partial charge >= 0.3 is 6.09 Å². The van der Waals surface area contributed by atoms with Crippen LogP contribution < -0.4 is 76.5 Å². The van der Waals surface area contributed by atoms with Crippen LogP contribution in [0.2, 0.25) is 0 Å². The van der Waals surface area contributed by atoms with Gasteiger partial charge in [-0.2, -0.15) is 12.6 Å². The highest BCUT2D eigenvalue weighted by atomic mass is 32.1. The SMILES string of the molecule is CC(C)C[C@H](NC(=O)[C@H](Cc1ccccc1)NC(=O)[C@H](CO)NC(=O)[C@H](CCCN=C(N)N)NC(=O)[C@@H]1CCCN1)C(=O)N[C@H](C(=O)N[C@@H](CCCN=C(N)N)C(=O)N[C@@H](CCCCNC(=O)OCCS)C(=O)N1CCC[C@H]1C(N)=O)C(C)C. The number of benzene rings is 1. The van der Waals surface area contributed by atoms with E-state index in [1.807, 2.05) is 0 Å². The van der Waals surface area contributed by atoms with Crippen molar-refractivity contribution in [1.82, 2.24) is 52.8 Å². The average molecular weight is 1200 g/mol. The molecule has 0 spiro atoms. The van der Waals surface area contributed by atoms with E-state index in [1.165, 1.54) is 4.90 Å². The number of carbonyl (C=O) groups is 10. The van der Waals surface area contributed by atoms with Crippen molar-refractivity contribution in [1.29, 1.82) is 0 Å². The molecule has 1 aromatic carbocycles. The second kappa shape index (κ2) is 37.7. The smallest absolute Gasteiger partial charge is 0.407 e. The van der Waals surface area contributed by atoms with E-state index in [0.717, 1.165) is 6.42 Å². The number of carbonyl (C=O) groups excluding carboxylic acids is 10. The fourth-order valence-electron chi connectivity index (χ4n) is 9.46. The van der Waals surface area contributed by atoms with Crippen LogP contribution in [0.25, 0.3) is 0 Å². The van der Waals surface area contributed by atoms with Gasteiger partial charge in [0.05, 0.1) is 12.6 Å². The highest BCUT2D eigenvalue weighted by molar-refractivity contribution is 7.80. The van der Waals surface area contributed by atoms with E-state index in [0.29, 0.717) is 50.0 Å². The minimum absolute atomic E-state index is 0.0443. The van der Waals surface area contributed by atoms with E-state index in [2.05, 4.69) is 70.5 Å². The molecule has 2 fully saturated rings. The molecule has 2 aliphatic heterocycles. The van der Waals surface area contributed by atoms with Crippen LogP contribution in [0.5, 0.6) is 0 Å². The number of rotatable bonds is 37. The summed E-state index contributed by atoms with van der Waals surface area (Å²) < 4.78 is 4.98. The van der Waals surface area contributed by atoms with Crippen LogP contribution in [-0.4, -0.2) is 187 Å². The fraction of sp³-hybridized carbons (Fsp3) is 0.667. The molecule has 0 bridgehead atoms. The first kappa shape index (κ1) is 70.8. The number of hydrogen-bond acceptors (Lipinski definition) is 16. The third kappa shape index (κ3) is 25.6. The maximum Gasteiger partial charge on any atom is 0.407 e. The fourth-order valence-corrected chi connectivity index (χ4v) is 9.55. The number of thiol groups is 1. The maximum atomic E-state index is 14.5. The third-order valence-electron chi connectivity index (χ3n) is 13.8. The summed E-state index contributed by atoms with van der Waals surface area (Å²) in [4.78, 5) is 146. The molecule has 2 saturated heterocycles. The molecule has 470 valence electrons. The Morgan fingerprint density at radius 3 is 1.77 bits per heavy atom. The summed E-state index contributed by atoms with van der Waals surface area (Å²) >= 11 is 4.02. The summed E-state index contributed by atoms with van der Waals surface area (Å²) in [5.74, 6) is -7.49. The number of nitrogens with two attached hydrogens (primary N) is 5. The molecule has 0 radical (unpaired) electrons. The molecular formula is C54H91N17O12S. The van der Waals surface area contributed by atoms with Gasteiger partial charge in [0.2, 0.25) is 53.2 Å². The van der Waals surface area contributed by atoms with Crippen molar-refractivity contribution in [2.24, 2.45) is 50.5 Å². The Labute approximate surface area is 496 Å². The zero-order valence-corrected chi connectivity index (χ0v) is 49.6. The Morgan fingerprint density at radius 2 is 1.21 bits per heavy atom. The minimum Gasteiger partial charge on any atom is -0.449 e. The number of aliphatic hydroxyl groups is 1. The van der Waals surface area contributed by atoms with E-state index in [-0.39, 0.29) is 95.6 Å². The lowest BCUT2D eigenvalue weighted by Crippen LogP contribution is -2.61. The Kier molecular flexibility index (Phi) is 31.8. The lowest BCUT2D eigenvalue weighted by Gasteiger charge is -2.30. The van der Waals surface area contributed by atoms with Gasteiger partial charge in [0.25, 0.3) is 0 Å². The quantitative estimate of drug-likeness (QED) is 0.0133.